The molecule has 0 radical (unpaired) electrons. The summed E-state index contributed by atoms with van der Waals surface area (Å²) in [4.78, 5) is 30.5. The van der Waals surface area contributed by atoms with Crippen molar-refractivity contribution in [3.05, 3.63) is 36.5 Å². The number of hydrogen-bond acceptors (Lipinski definition) is 5. The van der Waals surface area contributed by atoms with Crippen LogP contribution < -0.4 is 0 Å². The third-order valence-corrected chi connectivity index (χ3v) is 1.80. The fourth-order valence-electron chi connectivity index (χ4n) is 0.540. The van der Waals surface area contributed by atoms with Crippen molar-refractivity contribution in [3.8, 4) is 0 Å². The van der Waals surface area contributed by atoms with E-state index in [0.29, 0.717) is 23.7 Å². The molecule has 1 N–H and O–H groups in total. The molecule has 0 amide bonds. The molecule has 0 aliphatic rings. The zero-order valence-electron chi connectivity index (χ0n) is 14.9. The molecule has 0 unspecified atom stereocenters. The number of ether oxygens (including phenoxy) is 2. The molecular formula is C17H28O6. The quantitative estimate of drug-likeness (QED) is 0.616. The number of esters is 2. The van der Waals surface area contributed by atoms with Gasteiger partial charge < -0.3 is 14.6 Å². The Hall–Kier alpha value is -2.37. The van der Waals surface area contributed by atoms with Crippen molar-refractivity contribution in [1.29, 1.82) is 0 Å². The normalized spacial score (nSPS) is 8.48. The number of hydrogen-bond donors (Lipinski definition) is 1. The number of rotatable bonds is 5. The van der Waals surface area contributed by atoms with Crippen LogP contribution in [-0.2, 0) is 23.9 Å². The molecule has 6 heteroatoms. The Morgan fingerprint density at radius 2 is 1.26 bits per heavy atom. The largest absolute Gasteiger partial charge is 0.478 e. The SMILES string of the molecule is C=C(C)C(=O)O.C=C(C)C(=O)OC.C=C(C)C(=O)OCC(C)C. The molecule has 6 nitrogen and oxygen atoms in total. The van der Waals surface area contributed by atoms with Crippen molar-refractivity contribution < 1.29 is 29.0 Å². The van der Waals surface area contributed by atoms with Gasteiger partial charge >= 0.3 is 17.9 Å². The molecule has 0 fully saturated rings. The van der Waals surface area contributed by atoms with E-state index >= 15 is 0 Å². The Bertz CT molecular complexity index is 434. The third kappa shape index (κ3) is 22.1. The van der Waals surface area contributed by atoms with E-state index in [0.717, 1.165) is 0 Å². The van der Waals surface area contributed by atoms with E-state index in [1.54, 1.807) is 13.8 Å². The lowest BCUT2D eigenvalue weighted by molar-refractivity contribution is -0.140. The number of carbonyl (C=O) groups excluding carboxylic acids is 2. The first-order valence-electron chi connectivity index (χ1n) is 6.81. The lowest BCUT2D eigenvalue weighted by atomic mass is 10.2. The highest BCUT2D eigenvalue weighted by molar-refractivity contribution is 5.87. The van der Waals surface area contributed by atoms with E-state index in [2.05, 4.69) is 24.5 Å². The summed E-state index contributed by atoms with van der Waals surface area (Å²) in [6.45, 7) is 19.1. The van der Waals surface area contributed by atoms with Crippen LogP contribution in [-0.4, -0.2) is 36.7 Å². The van der Waals surface area contributed by atoms with Gasteiger partial charge in [0.05, 0.1) is 13.7 Å². The summed E-state index contributed by atoms with van der Waals surface area (Å²) in [6.07, 6.45) is 0. The fraction of sp³-hybridized carbons (Fsp3) is 0.471. The van der Waals surface area contributed by atoms with Crippen LogP contribution in [0.15, 0.2) is 36.5 Å². The Labute approximate surface area is 138 Å². The summed E-state index contributed by atoms with van der Waals surface area (Å²) in [6, 6.07) is 0. The minimum atomic E-state index is -0.935. The standard InChI is InChI=1S/C8H14O2.C5H8O2.C4H6O2/c1-6(2)5-10-8(9)7(3)4;1-4(2)5(6)7-3;1-3(2)4(5)6/h6H,3,5H2,1-2,4H3;1H2,2-3H3;1H2,2H3,(H,5,6). The number of aliphatic carboxylic acids is 1. The third-order valence-electron chi connectivity index (χ3n) is 1.80. The maximum Gasteiger partial charge on any atom is 0.333 e. The first kappa shape index (κ1) is 25.6. The second kappa shape index (κ2) is 14.6. The van der Waals surface area contributed by atoms with Crippen molar-refractivity contribution in [2.45, 2.75) is 34.6 Å². The Balaban J connectivity index is -0.000000272. The Kier molecular flexibility index (Phi) is 16.2. The zero-order chi connectivity index (χ0) is 19.2. The summed E-state index contributed by atoms with van der Waals surface area (Å²) in [7, 11) is 1.33. The van der Waals surface area contributed by atoms with Crippen LogP contribution in [0.4, 0.5) is 0 Å². The number of carbonyl (C=O) groups is 3. The first-order valence-corrected chi connectivity index (χ1v) is 6.81. The minimum absolute atomic E-state index is 0.176. The van der Waals surface area contributed by atoms with Gasteiger partial charge in [-0.1, -0.05) is 33.6 Å². The summed E-state index contributed by atoms with van der Waals surface area (Å²) >= 11 is 0. The molecular weight excluding hydrogens is 300 g/mol. The van der Waals surface area contributed by atoms with Crippen LogP contribution in [0.5, 0.6) is 0 Å². The van der Waals surface area contributed by atoms with Gasteiger partial charge in [-0.2, -0.15) is 0 Å². The second-order valence-electron chi connectivity index (χ2n) is 5.13. The molecule has 0 aromatic rings. The van der Waals surface area contributed by atoms with E-state index in [-0.39, 0.29) is 17.5 Å². The maximum absolute atomic E-state index is 10.7. The topological polar surface area (TPSA) is 89.9 Å². The van der Waals surface area contributed by atoms with Crippen LogP contribution in [0.1, 0.15) is 34.6 Å². The number of carboxylic acid groups (broad SMARTS) is 1. The molecule has 0 atom stereocenters. The molecule has 0 spiro atoms. The monoisotopic (exact) mass is 328 g/mol. The molecule has 0 aromatic heterocycles. The van der Waals surface area contributed by atoms with E-state index in [9.17, 15) is 14.4 Å². The van der Waals surface area contributed by atoms with Crippen LogP contribution >= 0.6 is 0 Å². The van der Waals surface area contributed by atoms with E-state index in [1.165, 1.54) is 14.0 Å². The van der Waals surface area contributed by atoms with Crippen LogP contribution in [0.2, 0.25) is 0 Å². The second-order valence-corrected chi connectivity index (χ2v) is 5.13. The van der Waals surface area contributed by atoms with Gasteiger partial charge in [0.2, 0.25) is 0 Å². The highest BCUT2D eigenvalue weighted by Crippen LogP contribution is 1.97. The zero-order valence-corrected chi connectivity index (χ0v) is 14.9. The van der Waals surface area contributed by atoms with Crippen molar-refractivity contribution in [3.63, 3.8) is 0 Å². The van der Waals surface area contributed by atoms with Crippen molar-refractivity contribution in [2.75, 3.05) is 13.7 Å². The van der Waals surface area contributed by atoms with Crippen LogP contribution in [0.3, 0.4) is 0 Å². The average Bonchev–Trinajstić information content (AvgIpc) is 2.44. The average molecular weight is 328 g/mol. The van der Waals surface area contributed by atoms with E-state index in [1.807, 2.05) is 13.8 Å². The van der Waals surface area contributed by atoms with Gasteiger partial charge in [0.15, 0.2) is 0 Å². The van der Waals surface area contributed by atoms with E-state index in [4.69, 9.17) is 9.84 Å². The highest BCUT2D eigenvalue weighted by Gasteiger charge is 2.03. The molecule has 132 valence electrons. The molecule has 0 heterocycles. The summed E-state index contributed by atoms with van der Waals surface area (Å²) < 4.78 is 9.10. The van der Waals surface area contributed by atoms with Gasteiger partial charge in [-0.15, -0.1) is 0 Å². The van der Waals surface area contributed by atoms with E-state index < -0.39 is 5.97 Å². The van der Waals surface area contributed by atoms with Crippen LogP contribution in [0, 0.1) is 5.92 Å². The number of methoxy groups -OCH3 is 1. The molecule has 0 aliphatic heterocycles. The minimum Gasteiger partial charge on any atom is -0.478 e. The molecule has 0 saturated carbocycles. The molecule has 23 heavy (non-hydrogen) atoms. The Morgan fingerprint density at radius 1 is 0.913 bits per heavy atom. The van der Waals surface area contributed by atoms with Crippen molar-refractivity contribution >= 4 is 17.9 Å². The Morgan fingerprint density at radius 3 is 1.39 bits per heavy atom. The highest BCUT2D eigenvalue weighted by atomic mass is 16.5. The lowest BCUT2D eigenvalue weighted by Gasteiger charge is -2.05. The smallest absolute Gasteiger partial charge is 0.333 e. The molecule has 0 bridgehead atoms. The maximum atomic E-state index is 10.7. The van der Waals surface area contributed by atoms with Gasteiger partial charge in [-0.3, -0.25) is 0 Å². The predicted octanol–water partition coefficient (Wildman–Crippen LogP) is 3.14. The van der Waals surface area contributed by atoms with Gasteiger partial charge in [0.1, 0.15) is 0 Å². The predicted molar refractivity (Wildman–Crippen MR) is 89.9 cm³/mol. The van der Waals surface area contributed by atoms with Crippen molar-refractivity contribution in [1.82, 2.24) is 0 Å². The first-order chi connectivity index (χ1) is 10.4. The summed E-state index contributed by atoms with van der Waals surface area (Å²) in [5, 5.41) is 7.89. The molecule has 0 saturated heterocycles. The van der Waals surface area contributed by atoms with Crippen molar-refractivity contribution in [2.24, 2.45) is 5.92 Å². The van der Waals surface area contributed by atoms with Crippen LogP contribution in [0.25, 0.3) is 0 Å². The van der Waals surface area contributed by atoms with Gasteiger partial charge in [0.25, 0.3) is 0 Å². The molecule has 0 aromatic carbocycles. The molecule has 0 aliphatic carbocycles. The van der Waals surface area contributed by atoms with Gasteiger partial charge in [-0.25, -0.2) is 14.4 Å². The lowest BCUT2D eigenvalue weighted by Crippen LogP contribution is -2.09. The summed E-state index contributed by atoms with van der Waals surface area (Å²) in [5.74, 6) is -1.19. The summed E-state index contributed by atoms with van der Waals surface area (Å²) in [5.41, 5.74) is 1.07. The van der Waals surface area contributed by atoms with Gasteiger partial charge in [0, 0.05) is 16.7 Å². The molecule has 0 rings (SSSR count). The fourth-order valence-corrected chi connectivity index (χ4v) is 0.540. The van der Waals surface area contributed by atoms with Gasteiger partial charge in [-0.05, 0) is 26.7 Å². The number of carboxylic acids is 1.